The highest BCUT2D eigenvalue weighted by Gasteiger charge is 2.31. The van der Waals surface area contributed by atoms with Crippen LogP contribution in [0.2, 0.25) is 0 Å². The number of alkyl halides is 3. The SMILES string of the molecule is COc1ccc(CNC(=O)NCc2ccccc2OC(F)(F)F)cc1OC. The van der Waals surface area contributed by atoms with E-state index in [9.17, 15) is 18.0 Å². The minimum Gasteiger partial charge on any atom is -0.493 e. The van der Waals surface area contributed by atoms with Crippen LogP contribution in [0.4, 0.5) is 18.0 Å². The van der Waals surface area contributed by atoms with Crippen LogP contribution in [-0.2, 0) is 13.1 Å². The van der Waals surface area contributed by atoms with Crippen LogP contribution in [0.5, 0.6) is 17.2 Å². The molecule has 2 aromatic rings. The zero-order chi connectivity index (χ0) is 19.9. The van der Waals surface area contributed by atoms with E-state index >= 15 is 0 Å². The summed E-state index contributed by atoms with van der Waals surface area (Å²) in [6, 6.07) is 10.2. The predicted octanol–water partition coefficient (Wildman–Crippen LogP) is 3.60. The van der Waals surface area contributed by atoms with E-state index in [0.29, 0.717) is 11.5 Å². The lowest BCUT2D eigenvalue weighted by atomic mass is 10.2. The maximum Gasteiger partial charge on any atom is 0.573 e. The lowest BCUT2D eigenvalue weighted by molar-refractivity contribution is -0.274. The second-order valence-electron chi connectivity index (χ2n) is 5.38. The normalized spacial score (nSPS) is 10.9. The molecule has 9 heteroatoms. The molecule has 0 aromatic heterocycles. The van der Waals surface area contributed by atoms with Gasteiger partial charge in [0, 0.05) is 18.7 Å². The number of ether oxygens (including phenoxy) is 3. The lowest BCUT2D eigenvalue weighted by Crippen LogP contribution is -2.34. The maximum absolute atomic E-state index is 12.4. The summed E-state index contributed by atoms with van der Waals surface area (Å²) in [4.78, 5) is 11.9. The molecule has 6 nitrogen and oxygen atoms in total. The van der Waals surface area contributed by atoms with Crippen LogP contribution in [0.1, 0.15) is 11.1 Å². The molecule has 0 spiro atoms. The molecule has 0 aliphatic carbocycles. The molecule has 2 aromatic carbocycles. The Bertz CT molecular complexity index is 781. The molecule has 2 N–H and O–H groups in total. The van der Waals surface area contributed by atoms with E-state index in [2.05, 4.69) is 15.4 Å². The highest BCUT2D eigenvalue weighted by atomic mass is 19.4. The van der Waals surface area contributed by atoms with Crippen molar-refractivity contribution in [2.24, 2.45) is 0 Å². The van der Waals surface area contributed by atoms with Gasteiger partial charge in [-0.2, -0.15) is 0 Å². The molecule has 0 aliphatic heterocycles. The van der Waals surface area contributed by atoms with Crippen molar-refractivity contribution in [1.29, 1.82) is 0 Å². The molecule has 2 rings (SSSR count). The third kappa shape index (κ3) is 6.28. The molecular formula is C18H19F3N2O4. The summed E-state index contributed by atoms with van der Waals surface area (Å²) >= 11 is 0. The molecule has 146 valence electrons. The molecule has 0 bridgehead atoms. The average molecular weight is 384 g/mol. The monoisotopic (exact) mass is 384 g/mol. The number of para-hydroxylation sites is 1. The van der Waals surface area contributed by atoms with Crippen LogP contribution in [0, 0.1) is 0 Å². The van der Waals surface area contributed by atoms with Gasteiger partial charge in [0.2, 0.25) is 0 Å². The number of nitrogens with one attached hydrogen (secondary N) is 2. The first-order chi connectivity index (χ1) is 12.8. The van der Waals surface area contributed by atoms with Crippen molar-refractivity contribution in [3.8, 4) is 17.2 Å². The summed E-state index contributed by atoms with van der Waals surface area (Å²) in [5, 5.41) is 5.11. The third-order valence-electron chi connectivity index (χ3n) is 3.54. The summed E-state index contributed by atoms with van der Waals surface area (Å²) in [5.74, 6) is 0.729. The average Bonchev–Trinajstić information content (AvgIpc) is 2.64. The maximum atomic E-state index is 12.4. The highest BCUT2D eigenvalue weighted by molar-refractivity contribution is 5.74. The predicted molar refractivity (Wildman–Crippen MR) is 91.7 cm³/mol. The van der Waals surface area contributed by atoms with Gasteiger partial charge in [0.15, 0.2) is 11.5 Å². The van der Waals surface area contributed by atoms with Gasteiger partial charge in [-0.3, -0.25) is 0 Å². The number of hydrogen-bond donors (Lipinski definition) is 2. The Morgan fingerprint density at radius 3 is 2.26 bits per heavy atom. The minimum atomic E-state index is -4.80. The van der Waals surface area contributed by atoms with Crippen LogP contribution in [0.3, 0.4) is 0 Å². The topological polar surface area (TPSA) is 68.8 Å². The molecule has 0 heterocycles. The summed E-state index contributed by atoms with van der Waals surface area (Å²) in [7, 11) is 3.02. The third-order valence-corrected chi connectivity index (χ3v) is 3.54. The highest BCUT2D eigenvalue weighted by Crippen LogP contribution is 2.27. The standard InChI is InChI=1S/C18H19F3N2O4/c1-25-15-8-7-12(9-16(15)26-2)10-22-17(24)23-11-13-5-3-4-6-14(13)27-18(19,20)21/h3-9H,10-11H2,1-2H3,(H2,22,23,24). The number of amides is 2. The van der Waals surface area contributed by atoms with Gasteiger partial charge in [-0.25, -0.2) is 4.79 Å². The Hall–Kier alpha value is -3.10. The van der Waals surface area contributed by atoms with Crippen LogP contribution in [0.25, 0.3) is 0 Å². The lowest BCUT2D eigenvalue weighted by Gasteiger charge is -2.14. The number of hydrogen-bond acceptors (Lipinski definition) is 4. The van der Waals surface area contributed by atoms with Crippen molar-refractivity contribution in [2.45, 2.75) is 19.5 Å². The molecule has 0 unspecified atom stereocenters. The number of rotatable bonds is 7. The molecule has 0 atom stereocenters. The number of urea groups is 1. The smallest absolute Gasteiger partial charge is 0.493 e. The number of carbonyl (C=O) groups excluding carboxylic acids is 1. The van der Waals surface area contributed by atoms with Crippen LogP contribution >= 0.6 is 0 Å². The molecule has 0 radical (unpaired) electrons. The van der Waals surface area contributed by atoms with Crippen LogP contribution in [0.15, 0.2) is 42.5 Å². The second-order valence-corrected chi connectivity index (χ2v) is 5.38. The van der Waals surface area contributed by atoms with Gasteiger partial charge in [-0.1, -0.05) is 24.3 Å². The van der Waals surface area contributed by atoms with E-state index in [0.717, 1.165) is 5.56 Å². The number of carbonyl (C=O) groups is 1. The van der Waals surface area contributed by atoms with Gasteiger partial charge in [-0.05, 0) is 23.8 Å². The van der Waals surface area contributed by atoms with Gasteiger partial charge in [0.05, 0.1) is 14.2 Å². The summed E-state index contributed by atoms with van der Waals surface area (Å²) in [6.07, 6.45) is -4.80. The minimum absolute atomic E-state index is 0.121. The second kappa shape index (κ2) is 9.02. The van der Waals surface area contributed by atoms with E-state index in [-0.39, 0.29) is 24.4 Å². The first-order valence-corrected chi connectivity index (χ1v) is 7.88. The first-order valence-electron chi connectivity index (χ1n) is 7.88. The van der Waals surface area contributed by atoms with E-state index in [1.54, 1.807) is 24.3 Å². The van der Waals surface area contributed by atoms with Crippen LogP contribution < -0.4 is 24.8 Å². The molecular weight excluding hydrogens is 365 g/mol. The largest absolute Gasteiger partial charge is 0.573 e. The fourth-order valence-electron chi connectivity index (χ4n) is 2.29. The first kappa shape index (κ1) is 20.2. The van der Waals surface area contributed by atoms with E-state index < -0.39 is 12.4 Å². The van der Waals surface area contributed by atoms with Crippen molar-refractivity contribution in [3.63, 3.8) is 0 Å². The Kier molecular flexibility index (Phi) is 6.75. The van der Waals surface area contributed by atoms with Crippen molar-refractivity contribution in [2.75, 3.05) is 14.2 Å². The Labute approximate surface area is 154 Å². The summed E-state index contributed by atoms with van der Waals surface area (Å²) < 4.78 is 51.5. The number of methoxy groups -OCH3 is 2. The Morgan fingerprint density at radius 2 is 1.59 bits per heavy atom. The number of halogens is 3. The molecule has 0 saturated carbocycles. The van der Waals surface area contributed by atoms with Crippen LogP contribution in [-0.4, -0.2) is 26.6 Å². The zero-order valence-electron chi connectivity index (χ0n) is 14.7. The van der Waals surface area contributed by atoms with Gasteiger partial charge in [0.25, 0.3) is 0 Å². The van der Waals surface area contributed by atoms with E-state index in [1.807, 2.05) is 0 Å². The summed E-state index contributed by atoms with van der Waals surface area (Å²) in [6.45, 7) is 0.0803. The fourth-order valence-corrected chi connectivity index (χ4v) is 2.29. The molecule has 27 heavy (non-hydrogen) atoms. The van der Waals surface area contributed by atoms with Crippen molar-refractivity contribution < 1.29 is 32.2 Å². The molecule has 0 aliphatic rings. The fraction of sp³-hybridized carbons (Fsp3) is 0.278. The van der Waals surface area contributed by atoms with Crippen molar-refractivity contribution in [3.05, 3.63) is 53.6 Å². The van der Waals surface area contributed by atoms with Gasteiger partial charge in [0.1, 0.15) is 5.75 Å². The van der Waals surface area contributed by atoms with Crippen molar-refractivity contribution >= 4 is 6.03 Å². The summed E-state index contributed by atoms with van der Waals surface area (Å²) in [5.41, 5.74) is 0.972. The zero-order valence-corrected chi connectivity index (χ0v) is 14.7. The van der Waals surface area contributed by atoms with E-state index in [1.165, 1.54) is 32.4 Å². The Balaban J connectivity index is 1.90. The van der Waals surface area contributed by atoms with Gasteiger partial charge in [-0.15, -0.1) is 13.2 Å². The molecule has 0 saturated heterocycles. The van der Waals surface area contributed by atoms with E-state index in [4.69, 9.17) is 9.47 Å². The number of benzene rings is 2. The van der Waals surface area contributed by atoms with Gasteiger partial charge < -0.3 is 24.8 Å². The van der Waals surface area contributed by atoms with Crippen molar-refractivity contribution in [1.82, 2.24) is 10.6 Å². The van der Waals surface area contributed by atoms with Gasteiger partial charge >= 0.3 is 12.4 Å². The Morgan fingerprint density at radius 1 is 0.926 bits per heavy atom. The molecule has 0 fully saturated rings. The quantitative estimate of drug-likeness (QED) is 0.765. The molecule has 2 amide bonds.